The number of nitrogens with two attached hydrogens (primary N) is 1. The standard InChI is InChI=1S/C16H21N5O/c1-22-15-4-2-12(3-5-15)9-18-16-8-14(10-19-20-16)21-7-6-13(17)11-21/h2-5,8,10,13H,6-7,9,11,17H2,1H3,(H,18,20). The van der Waals surface area contributed by atoms with Crippen LogP contribution in [0, 0.1) is 0 Å². The molecule has 1 aromatic carbocycles. The second-order valence-corrected chi connectivity index (χ2v) is 5.50. The first kappa shape index (κ1) is 14.6. The molecular formula is C16H21N5O. The van der Waals surface area contributed by atoms with E-state index in [-0.39, 0.29) is 6.04 Å². The van der Waals surface area contributed by atoms with E-state index in [9.17, 15) is 0 Å². The van der Waals surface area contributed by atoms with Gasteiger partial charge in [-0.05, 0) is 24.1 Å². The van der Waals surface area contributed by atoms with Crippen LogP contribution in [0.3, 0.4) is 0 Å². The molecule has 0 spiro atoms. The van der Waals surface area contributed by atoms with Crippen LogP contribution in [0.1, 0.15) is 12.0 Å². The minimum absolute atomic E-state index is 0.254. The Morgan fingerprint density at radius 3 is 2.86 bits per heavy atom. The highest BCUT2D eigenvalue weighted by Crippen LogP contribution is 2.21. The van der Waals surface area contributed by atoms with Gasteiger partial charge in [-0.3, -0.25) is 0 Å². The lowest BCUT2D eigenvalue weighted by Crippen LogP contribution is -2.26. The minimum Gasteiger partial charge on any atom is -0.497 e. The van der Waals surface area contributed by atoms with E-state index in [1.807, 2.05) is 30.3 Å². The van der Waals surface area contributed by atoms with Crippen molar-refractivity contribution in [2.45, 2.75) is 19.0 Å². The molecule has 3 rings (SSSR count). The molecule has 1 aliphatic heterocycles. The summed E-state index contributed by atoms with van der Waals surface area (Å²) in [5.74, 6) is 1.63. The van der Waals surface area contributed by atoms with Crippen LogP contribution in [0.25, 0.3) is 0 Å². The Kier molecular flexibility index (Phi) is 4.39. The van der Waals surface area contributed by atoms with Gasteiger partial charge >= 0.3 is 0 Å². The van der Waals surface area contributed by atoms with Gasteiger partial charge in [-0.15, -0.1) is 5.10 Å². The van der Waals surface area contributed by atoms with E-state index in [0.717, 1.165) is 42.3 Å². The molecule has 0 aliphatic carbocycles. The zero-order valence-electron chi connectivity index (χ0n) is 12.7. The molecule has 1 unspecified atom stereocenters. The molecule has 116 valence electrons. The summed E-state index contributed by atoms with van der Waals surface area (Å²) in [6.45, 7) is 2.55. The van der Waals surface area contributed by atoms with Gasteiger partial charge < -0.3 is 20.7 Å². The molecule has 1 atom stereocenters. The van der Waals surface area contributed by atoms with E-state index < -0.39 is 0 Å². The minimum atomic E-state index is 0.254. The lowest BCUT2D eigenvalue weighted by molar-refractivity contribution is 0.414. The summed E-state index contributed by atoms with van der Waals surface area (Å²) in [4.78, 5) is 2.25. The topological polar surface area (TPSA) is 76.3 Å². The summed E-state index contributed by atoms with van der Waals surface area (Å²) in [6, 6.07) is 10.2. The second-order valence-electron chi connectivity index (χ2n) is 5.50. The Bertz CT molecular complexity index is 616. The Morgan fingerprint density at radius 2 is 2.18 bits per heavy atom. The molecule has 0 radical (unpaired) electrons. The van der Waals surface area contributed by atoms with Crippen molar-refractivity contribution in [1.82, 2.24) is 10.2 Å². The number of ether oxygens (including phenoxy) is 1. The third-order valence-electron chi connectivity index (χ3n) is 3.86. The van der Waals surface area contributed by atoms with Crippen LogP contribution in [0.15, 0.2) is 36.5 Å². The first-order valence-corrected chi connectivity index (χ1v) is 7.44. The van der Waals surface area contributed by atoms with Gasteiger partial charge in [0.2, 0.25) is 0 Å². The van der Waals surface area contributed by atoms with Crippen molar-refractivity contribution < 1.29 is 4.74 Å². The quantitative estimate of drug-likeness (QED) is 0.874. The molecule has 1 aromatic heterocycles. The summed E-state index contributed by atoms with van der Waals surface area (Å²) in [5.41, 5.74) is 8.19. The molecule has 3 N–H and O–H groups in total. The van der Waals surface area contributed by atoms with Crippen LogP contribution in [-0.2, 0) is 6.54 Å². The summed E-state index contributed by atoms with van der Waals surface area (Å²) in [6.07, 6.45) is 2.81. The van der Waals surface area contributed by atoms with Crippen molar-refractivity contribution in [3.05, 3.63) is 42.1 Å². The number of nitrogens with zero attached hydrogens (tertiary/aromatic N) is 3. The number of rotatable bonds is 5. The Balaban J connectivity index is 1.62. The molecule has 1 aliphatic rings. The van der Waals surface area contributed by atoms with Gasteiger partial charge in [-0.25, -0.2) is 0 Å². The number of anilines is 2. The number of hydrogen-bond acceptors (Lipinski definition) is 6. The zero-order chi connectivity index (χ0) is 15.4. The van der Waals surface area contributed by atoms with Crippen LogP contribution in [0.4, 0.5) is 11.5 Å². The van der Waals surface area contributed by atoms with Crippen LogP contribution < -0.4 is 20.7 Å². The molecule has 6 heteroatoms. The maximum Gasteiger partial charge on any atom is 0.150 e. The maximum absolute atomic E-state index is 5.96. The normalized spacial score (nSPS) is 17.5. The molecule has 6 nitrogen and oxygen atoms in total. The van der Waals surface area contributed by atoms with Gasteiger partial charge in [-0.1, -0.05) is 12.1 Å². The molecule has 2 heterocycles. The molecule has 1 fully saturated rings. The largest absolute Gasteiger partial charge is 0.497 e. The smallest absolute Gasteiger partial charge is 0.150 e. The molecular weight excluding hydrogens is 278 g/mol. The van der Waals surface area contributed by atoms with Gasteiger partial charge in [0.25, 0.3) is 0 Å². The van der Waals surface area contributed by atoms with Crippen LogP contribution in [-0.4, -0.2) is 36.4 Å². The average Bonchev–Trinajstić information content (AvgIpc) is 3.00. The Labute approximate surface area is 130 Å². The second kappa shape index (κ2) is 6.62. The Hall–Kier alpha value is -2.34. The predicted molar refractivity (Wildman–Crippen MR) is 87.2 cm³/mol. The van der Waals surface area contributed by atoms with Crippen LogP contribution >= 0.6 is 0 Å². The first-order valence-electron chi connectivity index (χ1n) is 7.44. The lowest BCUT2D eigenvalue weighted by Gasteiger charge is -2.18. The third kappa shape index (κ3) is 3.46. The molecule has 22 heavy (non-hydrogen) atoms. The predicted octanol–water partition coefficient (Wildman–Crippen LogP) is 1.63. The monoisotopic (exact) mass is 299 g/mol. The average molecular weight is 299 g/mol. The number of hydrogen-bond donors (Lipinski definition) is 2. The highest BCUT2D eigenvalue weighted by Gasteiger charge is 2.19. The third-order valence-corrected chi connectivity index (χ3v) is 3.86. The van der Waals surface area contributed by atoms with Crippen molar-refractivity contribution in [2.75, 3.05) is 30.4 Å². The first-order chi connectivity index (χ1) is 10.7. The van der Waals surface area contributed by atoms with Crippen molar-refractivity contribution >= 4 is 11.5 Å². The Morgan fingerprint density at radius 1 is 1.36 bits per heavy atom. The van der Waals surface area contributed by atoms with Gasteiger partial charge in [0.05, 0.1) is 19.0 Å². The SMILES string of the molecule is COc1ccc(CNc2cc(N3CCC(N)C3)cnn2)cc1. The van der Waals surface area contributed by atoms with Gasteiger partial charge in [-0.2, -0.15) is 5.10 Å². The highest BCUT2D eigenvalue weighted by molar-refractivity contribution is 5.53. The molecule has 0 saturated carbocycles. The zero-order valence-corrected chi connectivity index (χ0v) is 12.7. The summed E-state index contributed by atoms with van der Waals surface area (Å²) < 4.78 is 5.15. The van der Waals surface area contributed by atoms with Gasteiger partial charge in [0, 0.05) is 31.7 Å². The van der Waals surface area contributed by atoms with Crippen LogP contribution in [0.5, 0.6) is 5.75 Å². The summed E-state index contributed by atoms with van der Waals surface area (Å²) >= 11 is 0. The molecule has 2 aromatic rings. The number of aromatic nitrogens is 2. The highest BCUT2D eigenvalue weighted by atomic mass is 16.5. The number of methoxy groups -OCH3 is 1. The van der Waals surface area contributed by atoms with Crippen molar-refractivity contribution in [1.29, 1.82) is 0 Å². The fourth-order valence-corrected chi connectivity index (χ4v) is 2.57. The molecule has 1 saturated heterocycles. The van der Waals surface area contributed by atoms with E-state index in [0.29, 0.717) is 6.54 Å². The maximum atomic E-state index is 5.96. The lowest BCUT2D eigenvalue weighted by atomic mass is 10.2. The van der Waals surface area contributed by atoms with E-state index in [4.69, 9.17) is 10.5 Å². The van der Waals surface area contributed by atoms with Gasteiger partial charge in [0.1, 0.15) is 5.75 Å². The summed E-state index contributed by atoms with van der Waals surface area (Å²) in [7, 11) is 1.67. The number of nitrogens with one attached hydrogen (secondary N) is 1. The van der Waals surface area contributed by atoms with E-state index in [1.165, 1.54) is 0 Å². The van der Waals surface area contributed by atoms with Crippen molar-refractivity contribution in [3.63, 3.8) is 0 Å². The molecule has 0 bridgehead atoms. The van der Waals surface area contributed by atoms with Crippen molar-refractivity contribution in [3.8, 4) is 5.75 Å². The van der Waals surface area contributed by atoms with Crippen LogP contribution in [0.2, 0.25) is 0 Å². The van der Waals surface area contributed by atoms with E-state index >= 15 is 0 Å². The fraction of sp³-hybridized carbons (Fsp3) is 0.375. The number of benzene rings is 1. The van der Waals surface area contributed by atoms with Crippen molar-refractivity contribution in [2.24, 2.45) is 5.73 Å². The van der Waals surface area contributed by atoms with Gasteiger partial charge in [0.15, 0.2) is 5.82 Å². The van der Waals surface area contributed by atoms with E-state index in [1.54, 1.807) is 13.3 Å². The fourth-order valence-electron chi connectivity index (χ4n) is 2.57. The van der Waals surface area contributed by atoms with E-state index in [2.05, 4.69) is 20.4 Å². The summed E-state index contributed by atoms with van der Waals surface area (Å²) in [5, 5.41) is 11.5. The molecule has 0 amide bonds.